The van der Waals surface area contributed by atoms with E-state index < -0.39 is 41.5 Å². The molecule has 266 valence electrons. The van der Waals surface area contributed by atoms with Crippen molar-refractivity contribution >= 4 is 23.6 Å². The van der Waals surface area contributed by atoms with Gasteiger partial charge in [0, 0.05) is 33.4 Å². The number of carbonyl (C=O) groups is 4. The standard InChI is InChI=1S/C36H61N5O6/c1-11-24(4)31(40(8)30(23(2)3)34(44)39-35(45)36(6,7)37)28(46-9)22-29(42)41-21-15-18-27(41)32(47-10)25(5)33(43)38-20-19-26-16-13-12-14-17-26/h12-14,16-17,23-25,27-28,30-32H,11,15,18-22,37H2,1-10H3,(H,38,43)(H,39,44,45)/t24-,25+,27-,28+,30-,31-,32+/m0/s1. The molecule has 1 aromatic carbocycles. The van der Waals surface area contributed by atoms with Gasteiger partial charge in [0.2, 0.25) is 23.6 Å². The van der Waals surface area contributed by atoms with Gasteiger partial charge in [-0.2, -0.15) is 0 Å². The van der Waals surface area contributed by atoms with Gasteiger partial charge in [-0.1, -0.05) is 71.4 Å². The van der Waals surface area contributed by atoms with Gasteiger partial charge in [0.15, 0.2) is 0 Å². The van der Waals surface area contributed by atoms with Crippen molar-refractivity contribution in [1.82, 2.24) is 20.4 Å². The van der Waals surface area contributed by atoms with Gasteiger partial charge in [-0.05, 0) is 57.6 Å². The predicted octanol–water partition coefficient (Wildman–Crippen LogP) is 3.14. The van der Waals surface area contributed by atoms with E-state index in [1.165, 1.54) is 0 Å². The topological polar surface area (TPSA) is 143 Å². The van der Waals surface area contributed by atoms with Crippen LogP contribution >= 0.6 is 0 Å². The van der Waals surface area contributed by atoms with Crippen LogP contribution < -0.4 is 16.4 Å². The van der Waals surface area contributed by atoms with Gasteiger partial charge in [0.1, 0.15) is 0 Å². The minimum absolute atomic E-state index is 0.0640. The van der Waals surface area contributed by atoms with Crippen LogP contribution in [0.3, 0.4) is 0 Å². The fourth-order valence-corrected chi connectivity index (χ4v) is 6.82. The Labute approximate surface area is 282 Å². The molecule has 0 saturated carbocycles. The molecule has 7 atom stereocenters. The summed E-state index contributed by atoms with van der Waals surface area (Å²) in [4.78, 5) is 57.1. The van der Waals surface area contributed by atoms with Crippen molar-refractivity contribution in [3.8, 4) is 0 Å². The normalized spacial score (nSPS) is 19.2. The Morgan fingerprint density at radius 1 is 1.04 bits per heavy atom. The second-order valence-corrected chi connectivity index (χ2v) is 14.1. The lowest BCUT2D eigenvalue weighted by Crippen LogP contribution is -2.60. The monoisotopic (exact) mass is 659 g/mol. The first-order chi connectivity index (χ1) is 22.1. The minimum atomic E-state index is -1.21. The number of methoxy groups -OCH3 is 2. The molecule has 11 nitrogen and oxygen atoms in total. The lowest BCUT2D eigenvalue weighted by Gasteiger charge is -2.43. The summed E-state index contributed by atoms with van der Waals surface area (Å²) in [7, 11) is 5.04. The van der Waals surface area contributed by atoms with Gasteiger partial charge in [0.05, 0.1) is 42.2 Å². The number of carbonyl (C=O) groups excluding carboxylic acids is 4. The molecule has 0 aliphatic carbocycles. The summed E-state index contributed by atoms with van der Waals surface area (Å²) in [6.07, 6.45) is 2.17. The number of nitrogens with two attached hydrogens (primary N) is 1. The van der Waals surface area contributed by atoms with Crippen LogP contribution in [0.1, 0.15) is 79.7 Å². The van der Waals surface area contributed by atoms with Gasteiger partial charge >= 0.3 is 0 Å². The summed E-state index contributed by atoms with van der Waals surface area (Å²) in [5, 5.41) is 5.54. The molecule has 0 radical (unpaired) electrons. The van der Waals surface area contributed by atoms with Crippen molar-refractivity contribution in [2.75, 3.05) is 34.4 Å². The highest BCUT2D eigenvalue weighted by molar-refractivity contribution is 6.01. The van der Waals surface area contributed by atoms with Crippen molar-refractivity contribution in [1.29, 1.82) is 0 Å². The van der Waals surface area contributed by atoms with E-state index in [2.05, 4.69) is 24.5 Å². The SMILES string of the molecule is CC[C@H](C)[C@@H]([C@@H](CC(=O)N1CCC[C@H]1[C@H](OC)[C@@H](C)C(=O)NCCc1ccccc1)OC)N(C)[C@H](C(=O)NC(=O)C(C)(C)N)C(C)C. The maximum Gasteiger partial charge on any atom is 0.246 e. The van der Waals surface area contributed by atoms with E-state index >= 15 is 0 Å². The molecule has 1 heterocycles. The summed E-state index contributed by atoms with van der Waals surface area (Å²) >= 11 is 0. The van der Waals surface area contributed by atoms with Crippen molar-refractivity contribution in [3.63, 3.8) is 0 Å². The minimum Gasteiger partial charge on any atom is -0.379 e. The molecule has 1 aliphatic rings. The quantitative estimate of drug-likeness (QED) is 0.218. The number of nitrogens with zero attached hydrogens (tertiary/aromatic N) is 2. The van der Waals surface area contributed by atoms with Crippen LogP contribution in [0.2, 0.25) is 0 Å². The van der Waals surface area contributed by atoms with Crippen molar-refractivity contribution in [2.24, 2.45) is 23.5 Å². The van der Waals surface area contributed by atoms with Crippen LogP contribution in [0.15, 0.2) is 30.3 Å². The number of imide groups is 1. The van der Waals surface area contributed by atoms with Crippen molar-refractivity contribution in [3.05, 3.63) is 35.9 Å². The number of ether oxygens (including phenoxy) is 2. The van der Waals surface area contributed by atoms with Crippen LogP contribution in [-0.4, -0.2) is 104 Å². The Morgan fingerprint density at radius 3 is 2.21 bits per heavy atom. The first kappa shape index (κ1) is 40.3. The molecule has 1 aromatic rings. The number of hydrogen-bond acceptors (Lipinski definition) is 8. The fourth-order valence-electron chi connectivity index (χ4n) is 6.82. The number of hydrogen-bond donors (Lipinski definition) is 3. The van der Waals surface area contributed by atoms with Gasteiger partial charge in [-0.3, -0.25) is 29.4 Å². The lowest BCUT2D eigenvalue weighted by molar-refractivity contribution is -0.144. The Balaban J connectivity index is 2.20. The highest BCUT2D eigenvalue weighted by Crippen LogP contribution is 2.30. The summed E-state index contributed by atoms with van der Waals surface area (Å²) < 4.78 is 11.9. The van der Waals surface area contributed by atoms with Gasteiger partial charge < -0.3 is 25.4 Å². The molecule has 4 N–H and O–H groups in total. The van der Waals surface area contributed by atoms with Gasteiger partial charge in [0.25, 0.3) is 0 Å². The van der Waals surface area contributed by atoms with Crippen LogP contribution in [0.25, 0.3) is 0 Å². The largest absolute Gasteiger partial charge is 0.379 e. The Morgan fingerprint density at radius 2 is 1.68 bits per heavy atom. The molecule has 2 rings (SSSR count). The molecule has 0 unspecified atom stereocenters. The van der Waals surface area contributed by atoms with E-state index in [1.807, 2.05) is 68.0 Å². The average Bonchev–Trinajstić information content (AvgIpc) is 3.50. The number of rotatable bonds is 18. The third-order valence-electron chi connectivity index (χ3n) is 9.65. The summed E-state index contributed by atoms with van der Waals surface area (Å²) in [6, 6.07) is 8.79. The maximum atomic E-state index is 14.0. The van der Waals surface area contributed by atoms with E-state index in [1.54, 1.807) is 28.1 Å². The molecule has 0 aromatic heterocycles. The molecule has 1 aliphatic heterocycles. The van der Waals surface area contributed by atoms with Crippen LogP contribution in [0, 0.1) is 17.8 Å². The molecule has 47 heavy (non-hydrogen) atoms. The number of likely N-dealkylation sites (N-methyl/N-ethyl adjacent to an activating group) is 1. The van der Waals surface area contributed by atoms with E-state index in [-0.39, 0.29) is 42.2 Å². The number of amides is 4. The molecule has 1 saturated heterocycles. The van der Waals surface area contributed by atoms with E-state index in [4.69, 9.17) is 15.2 Å². The number of likely N-dealkylation sites (tertiary alicyclic amines) is 1. The van der Waals surface area contributed by atoms with Gasteiger partial charge in [-0.25, -0.2) is 0 Å². The Kier molecular flexibility index (Phi) is 16.0. The Bertz CT molecular complexity index is 1160. The zero-order valence-corrected chi connectivity index (χ0v) is 30.4. The maximum absolute atomic E-state index is 14.0. The highest BCUT2D eigenvalue weighted by Gasteiger charge is 2.43. The summed E-state index contributed by atoms with van der Waals surface area (Å²) in [5.41, 5.74) is 5.89. The molecule has 11 heteroatoms. The highest BCUT2D eigenvalue weighted by atomic mass is 16.5. The van der Waals surface area contributed by atoms with E-state index in [0.29, 0.717) is 13.1 Å². The second-order valence-electron chi connectivity index (χ2n) is 14.1. The van der Waals surface area contributed by atoms with E-state index in [0.717, 1.165) is 31.2 Å². The zero-order chi connectivity index (χ0) is 35.5. The van der Waals surface area contributed by atoms with E-state index in [9.17, 15) is 19.2 Å². The third kappa shape index (κ3) is 11.1. The molecular formula is C36H61N5O6. The third-order valence-corrected chi connectivity index (χ3v) is 9.65. The second kappa shape index (κ2) is 18.6. The molecule has 4 amide bonds. The fraction of sp³-hybridized carbons (Fsp3) is 0.722. The van der Waals surface area contributed by atoms with Crippen molar-refractivity contribution in [2.45, 2.75) is 116 Å². The molecule has 1 fully saturated rings. The summed E-state index contributed by atoms with van der Waals surface area (Å²) in [5.74, 6) is -1.70. The predicted molar refractivity (Wildman–Crippen MR) is 184 cm³/mol. The van der Waals surface area contributed by atoms with Gasteiger partial charge in [-0.15, -0.1) is 0 Å². The Hall–Kier alpha value is -2.86. The molecular weight excluding hydrogens is 598 g/mol. The van der Waals surface area contributed by atoms with Crippen LogP contribution in [-0.2, 0) is 35.1 Å². The zero-order valence-electron chi connectivity index (χ0n) is 30.4. The van der Waals surface area contributed by atoms with Crippen LogP contribution in [0.4, 0.5) is 0 Å². The lowest BCUT2D eigenvalue weighted by atomic mass is 9.87. The molecule has 0 bridgehead atoms. The first-order valence-corrected chi connectivity index (χ1v) is 17.1. The summed E-state index contributed by atoms with van der Waals surface area (Å²) in [6.45, 7) is 14.1. The number of nitrogens with one attached hydrogen (secondary N) is 2. The first-order valence-electron chi connectivity index (χ1n) is 17.1. The molecule has 0 spiro atoms. The van der Waals surface area contributed by atoms with Crippen molar-refractivity contribution < 1.29 is 28.7 Å². The average molecular weight is 660 g/mol. The van der Waals surface area contributed by atoms with Crippen LogP contribution in [0.5, 0.6) is 0 Å². The number of benzene rings is 1. The smallest absolute Gasteiger partial charge is 0.246 e.